The van der Waals surface area contributed by atoms with Crippen LogP contribution in [0.15, 0.2) is 122 Å². The van der Waals surface area contributed by atoms with Crippen molar-refractivity contribution < 1.29 is 4.74 Å². The molecule has 4 aromatic carbocycles. The van der Waals surface area contributed by atoms with Crippen LogP contribution >= 0.6 is 0 Å². The van der Waals surface area contributed by atoms with Crippen LogP contribution in [-0.4, -0.2) is 77.2 Å². The van der Waals surface area contributed by atoms with E-state index in [0.717, 1.165) is 141 Å². The lowest BCUT2D eigenvalue weighted by atomic mass is 10.0. The molecule has 0 unspecified atom stereocenters. The molecule has 0 amide bonds. The molecule has 340 valence electrons. The SMILES string of the molecule is Cc1nc2cc(-c3ccc4ncnc(N5CCCc6ccccc65)c4c3)cnc2n1COCC[Si](C)(C)C.Cc1nc2ncc(-c3ccc4ncnc(N5CCCc6ccccc65)c4c3)cc2[nH]1. The molecule has 14 heteroatoms. The second-order valence-corrected chi connectivity index (χ2v) is 24.7. The van der Waals surface area contributed by atoms with Crippen LogP contribution in [0, 0.1) is 13.8 Å². The maximum atomic E-state index is 6.00. The molecular weight excluding hydrogens is 861 g/mol. The summed E-state index contributed by atoms with van der Waals surface area (Å²) in [6, 6.07) is 35.3. The van der Waals surface area contributed by atoms with E-state index in [4.69, 9.17) is 24.7 Å². The van der Waals surface area contributed by atoms with E-state index in [1.165, 1.54) is 22.5 Å². The number of hydrogen-bond donors (Lipinski definition) is 1. The number of benzene rings is 4. The van der Waals surface area contributed by atoms with Gasteiger partial charge in [-0.2, -0.15) is 0 Å². The normalized spacial score (nSPS) is 13.8. The van der Waals surface area contributed by atoms with E-state index in [-0.39, 0.29) is 0 Å². The van der Waals surface area contributed by atoms with Gasteiger partial charge in [-0.05, 0) is 116 Å². The number of pyridine rings is 2. The topological polar surface area (TPSA) is 140 Å². The van der Waals surface area contributed by atoms with Crippen molar-refractivity contribution >= 4 is 75.2 Å². The van der Waals surface area contributed by atoms with Gasteiger partial charge in [0.05, 0.1) is 16.6 Å². The second kappa shape index (κ2) is 18.0. The van der Waals surface area contributed by atoms with Gasteiger partial charge in [0.15, 0.2) is 11.3 Å². The quantitative estimate of drug-likeness (QED) is 0.109. The summed E-state index contributed by atoms with van der Waals surface area (Å²) >= 11 is 0. The number of rotatable bonds is 9. The van der Waals surface area contributed by atoms with Crippen LogP contribution in [0.2, 0.25) is 25.7 Å². The fourth-order valence-electron chi connectivity index (χ4n) is 9.53. The number of hydrogen-bond acceptors (Lipinski definition) is 11. The molecule has 8 heterocycles. The highest BCUT2D eigenvalue weighted by atomic mass is 28.3. The Morgan fingerprint density at radius 3 is 1.81 bits per heavy atom. The number of nitrogens with one attached hydrogen (secondary N) is 1. The third kappa shape index (κ3) is 8.56. The molecule has 0 saturated carbocycles. The van der Waals surface area contributed by atoms with Gasteiger partial charge in [-0.25, -0.2) is 39.9 Å². The number of ether oxygens (including phenoxy) is 1. The van der Waals surface area contributed by atoms with Crippen LogP contribution in [0.3, 0.4) is 0 Å². The molecule has 68 heavy (non-hydrogen) atoms. The Morgan fingerprint density at radius 1 is 0.603 bits per heavy atom. The summed E-state index contributed by atoms with van der Waals surface area (Å²) in [7, 11) is -1.12. The summed E-state index contributed by atoms with van der Waals surface area (Å²) in [5, 5.41) is 2.09. The zero-order valence-electron chi connectivity index (χ0n) is 39.2. The molecule has 1 N–H and O–H groups in total. The van der Waals surface area contributed by atoms with E-state index in [0.29, 0.717) is 6.73 Å². The highest BCUT2D eigenvalue weighted by Gasteiger charge is 2.23. The molecule has 0 aliphatic carbocycles. The molecule has 0 bridgehead atoms. The van der Waals surface area contributed by atoms with Crippen molar-refractivity contribution in [1.82, 2.24) is 49.4 Å². The Hall–Kier alpha value is -7.42. The number of anilines is 4. The molecule has 0 radical (unpaired) electrons. The molecule has 2 aliphatic heterocycles. The first-order chi connectivity index (χ1) is 33.1. The zero-order valence-corrected chi connectivity index (χ0v) is 40.2. The summed E-state index contributed by atoms with van der Waals surface area (Å²) in [6.07, 6.45) is 11.6. The number of aromatic nitrogens is 10. The number of imidazole rings is 2. The monoisotopic (exact) mass is 914 g/mol. The molecule has 2 aliphatic rings. The second-order valence-electron chi connectivity index (χ2n) is 19.0. The third-order valence-corrected chi connectivity index (χ3v) is 14.8. The van der Waals surface area contributed by atoms with Gasteiger partial charge in [0.2, 0.25) is 0 Å². The molecule has 13 nitrogen and oxygen atoms in total. The summed E-state index contributed by atoms with van der Waals surface area (Å²) in [6.45, 7) is 14.2. The van der Waals surface area contributed by atoms with Crippen molar-refractivity contribution in [2.24, 2.45) is 0 Å². The molecule has 10 aromatic rings. The Morgan fingerprint density at radius 2 is 1.19 bits per heavy atom. The standard InChI is InChI=1S/C30H34N6OSi.C24H20N6/c1-21-34-27-17-24(18-31-30(27)36(21)20-37-14-15-38(2,3)4)23-11-12-26-25(16-23)29(33-19-32-26)35-13-7-9-22-8-5-6-10-28(22)35;1-15-28-21-12-18(13-25-23(21)29-15)17-8-9-20-19(11-17)24(27-14-26-20)30-10-4-6-16-5-2-3-7-22(16)30/h5-6,8,10-12,16-19H,7,9,13-15,20H2,1-4H3;2-3,5,7-9,11-14H,4,6,10H2,1H3,(H,25,28,29). The van der Waals surface area contributed by atoms with Gasteiger partial charge in [-0.3, -0.25) is 4.57 Å². The highest BCUT2D eigenvalue weighted by Crippen LogP contribution is 2.39. The Kier molecular flexibility index (Phi) is 11.4. The summed E-state index contributed by atoms with van der Waals surface area (Å²) < 4.78 is 8.06. The first-order valence-electron chi connectivity index (χ1n) is 23.6. The van der Waals surface area contributed by atoms with E-state index >= 15 is 0 Å². The molecular formula is C54H54N12OSi. The average molecular weight is 915 g/mol. The van der Waals surface area contributed by atoms with Crippen molar-refractivity contribution in [3.05, 3.63) is 145 Å². The largest absolute Gasteiger partial charge is 0.361 e. The van der Waals surface area contributed by atoms with E-state index in [2.05, 4.69) is 156 Å². The number of fused-ring (bicyclic) bond motifs is 6. The van der Waals surface area contributed by atoms with Gasteiger partial charge in [0.1, 0.15) is 48.2 Å². The number of para-hydroxylation sites is 2. The van der Waals surface area contributed by atoms with Crippen molar-refractivity contribution in [3.63, 3.8) is 0 Å². The van der Waals surface area contributed by atoms with Crippen LogP contribution < -0.4 is 9.80 Å². The van der Waals surface area contributed by atoms with Crippen molar-refractivity contribution in [1.29, 1.82) is 0 Å². The van der Waals surface area contributed by atoms with Crippen LogP contribution in [-0.2, 0) is 24.3 Å². The predicted molar refractivity (Wildman–Crippen MR) is 276 cm³/mol. The van der Waals surface area contributed by atoms with Crippen LogP contribution in [0.4, 0.5) is 23.0 Å². The van der Waals surface area contributed by atoms with Gasteiger partial charge in [-0.1, -0.05) is 68.2 Å². The zero-order chi connectivity index (χ0) is 46.4. The lowest BCUT2D eigenvalue weighted by Crippen LogP contribution is -2.25. The number of aryl methyl sites for hydroxylation is 4. The lowest BCUT2D eigenvalue weighted by Gasteiger charge is -2.31. The Labute approximate surface area is 396 Å². The van der Waals surface area contributed by atoms with Gasteiger partial charge >= 0.3 is 0 Å². The Bertz CT molecular complexity index is 3490. The van der Waals surface area contributed by atoms with E-state index < -0.39 is 8.07 Å². The van der Waals surface area contributed by atoms with Crippen molar-refractivity contribution in [2.45, 2.75) is 71.9 Å². The van der Waals surface area contributed by atoms with Gasteiger partial charge in [-0.15, -0.1) is 0 Å². The molecule has 12 rings (SSSR count). The lowest BCUT2D eigenvalue weighted by molar-refractivity contribution is 0.0881. The fourth-order valence-corrected chi connectivity index (χ4v) is 10.3. The van der Waals surface area contributed by atoms with Gasteiger partial charge in [0.25, 0.3) is 0 Å². The summed E-state index contributed by atoms with van der Waals surface area (Å²) in [5.74, 6) is 3.69. The van der Waals surface area contributed by atoms with Crippen molar-refractivity contribution in [3.8, 4) is 22.3 Å². The van der Waals surface area contributed by atoms with E-state index in [1.807, 2.05) is 26.2 Å². The number of nitrogens with zero attached hydrogens (tertiary/aromatic N) is 11. The first-order valence-corrected chi connectivity index (χ1v) is 27.3. The molecule has 0 spiro atoms. The van der Waals surface area contributed by atoms with Crippen LogP contribution in [0.25, 0.3) is 66.4 Å². The van der Waals surface area contributed by atoms with Gasteiger partial charge in [0, 0.05) is 73.4 Å². The Balaban J connectivity index is 0.000000153. The van der Waals surface area contributed by atoms with Gasteiger partial charge < -0.3 is 19.5 Å². The fraction of sp³-hybridized carbons (Fsp3) is 0.259. The molecule has 6 aromatic heterocycles. The minimum Gasteiger partial charge on any atom is -0.361 e. The highest BCUT2D eigenvalue weighted by molar-refractivity contribution is 6.76. The first kappa shape index (κ1) is 43.2. The molecule has 0 fully saturated rings. The third-order valence-electron chi connectivity index (χ3n) is 13.1. The minimum absolute atomic E-state index is 0.479. The van der Waals surface area contributed by atoms with Crippen molar-refractivity contribution in [2.75, 3.05) is 29.5 Å². The maximum absolute atomic E-state index is 6.00. The number of H-pyrrole nitrogens is 1. The van der Waals surface area contributed by atoms with Crippen LogP contribution in [0.5, 0.6) is 0 Å². The average Bonchev–Trinajstić information content (AvgIpc) is 3.90. The summed E-state index contributed by atoms with van der Waals surface area (Å²) in [5.41, 5.74) is 14.7. The van der Waals surface area contributed by atoms with Crippen LogP contribution in [0.1, 0.15) is 35.6 Å². The predicted octanol–water partition coefficient (Wildman–Crippen LogP) is 11.7. The minimum atomic E-state index is -1.12. The maximum Gasteiger partial charge on any atom is 0.177 e. The smallest absolute Gasteiger partial charge is 0.177 e. The molecule has 0 saturated heterocycles. The number of aromatic amines is 1. The molecule has 0 atom stereocenters. The van der Waals surface area contributed by atoms with E-state index in [1.54, 1.807) is 12.7 Å². The van der Waals surface area contributed by atoms with E-state index in [9.17, 15) is 0 Å². The summed E-state index contributed by atoms with van der Waals surface area (Å²) in [4.78, 5) is 45.0.